The molecule has 4 heteroatoms. The molecule has 1 aromatic carbocycles. The second-order valence-electron chi connectivity index (χ2n) is 5.22. The minimum atomic E-state index is -0.163. The quantitative estimate of drug-likeness (QED) is 0.776. The van der Waals surface area contributed by atoms with Gasteiger partial charge in [-0.25, -0.2) is 0 Å². The normalized spacial score (nSPS) is 12.8. The molecule has 4 nitrogen and oxygen atoms in total. The SMILES string of the molecule is COc1c(C)cc(CCN(C)CC(N)CO)cc1C. The second-order valence-corrected chi connectivity index (χ2v) is 5.22. The molecule has 1 aromatic rings. The highest BCUT2D eigenvalue weighted by Gasteiger charge is 2.08. The number of methoxy groups -OCH3 is 1. The number of benzene rings is 1. The van der Waals surface area contributed by atoms with Crippen LogP contribution in [0.2, 0.25) is 0 Å². The molecule has 0 aliphatic carbocycles. The molecule has 1 atom stereocenters. The van der Waals surface area contributed by atoms with E-state index in [9.17, 15) is 0 Å². The molecule has 0 radical (unpaired) electrons. The van der Waals surface area contributed by atoms with Gasteiger partial charge in [0.1, 0.15) is 5.75 Å². The van der Waals surface area contributed by atoms with Crippen LogP contribution >= 0.6 is 0 Å². The van der Waals surface area contributed by atoms with Gasteiger partial charge in [0, 0.05) is 19.1 Å². The first-order chi connectivity index (χ1) is 8.97. The average molecular weight is 266 g/mol. The molecule has 1 unspecified atom stereocenters. The first-order valence-electron chi connectivity index (χ1n) is 6.67. The lowest BCUT2D eigenvalue weighted by Gasteiger charge is -2.20. The third kappa shape index (κ3) is 4.82. The minimum Gasteiger partial charge on any atom is -0.496 e. The summed E-state index contributed by atoms with van der Waals surface area (Å²) in [6.07, 6.45) is 0.973. The molecule has 0 amide bonds. The maximum Gasteiger partial charge on any atom is 0.124 e. The number of aliphatic hydroxyl groups excluding tert-OH is 1. The second kappa shape index (κ2) is 7.48. The van der Waals surface area contributed by atoms with Crippen LogP contribution in [0, 0.1) is 13.8 Å². The summed E-state index contributed by atoms with van der Waals surface area (Å²) in [5.74, 6) is 0.972. The Morgan fingerprint density at radius 1 is 1.32 bits per heavy atom. The Hall–Kier alpha value is -1.10. The third-order valence-corrected chi connectivity index (χ3v) is 3.29. The van der Waals surface area contributed by atoms with Gasteiger partial charge in [0.05, 0.1) is 13.7 Å². The fourth-order valence-electron chi connectivity index (χ4n) is 2.38. The van der Waals surface area contributed by atoms with E-state index in [0.717, 1.165) is 18.7 Å². The zero-order valence-electron chi connectivity index (χ0n) is 12.4. The Balaban J connectivity index is 2.59. The van der Waals surface area contributed by atoms with Crippen molar-refractivity contribution in [3.8, 4) is 5.75 Å². The molecule has 0 spiro atoms. The maximum absolute atomic E-state index is 8.93. The Morgan fingerprint density at radius 3 is 2.37 bits per heavy atom. The summed E-state index contributed by atoms with van der Waals surface area (Å²) in [6, 6.07) is 4.18. The number of ether oxygens (including phenoxy) is 1. The van der Waals surface area contributed by atoms with Crippen molar-refractivity contribution in [3.63, 3.8) is 0 Å². The lowest BCUT2D eigenvalue weighted by molar-refractivity contribution is 0.222. The van der Waals surface area contributed by atoms with Gasteiger partial charge in [-0.1, -0.05) is 12.1 Å². The highest BCUT2D eigenvalue weighted by atomic mass is 16.5. The van der Waals surface area contributed by atoms with E-state index >= 15 is 0 Å². The number of hydrogen-bond acceptors (Lipinski definition) is 4. The van der Waals surface area contributed by atoms with Crippen LogP contribution in [0.1, 0.15) is 16.7 Å². The summed E-state index contributed by atoms with van der Waals surface area (Å²) in [4.78, 5) is 2.15. The topological polar surface area (TPSA) is 58.7 Å². The molecule has 0 aliphatic rings. The summed E-state index contributed by atoms with van der Waals surface area (Å²) in [7, 11) is 3.73. The number of nitrogens with zero attached hydrogens (tertiary/aromatic N) is 1. The van der Waals surface area contributed by atoms with E-state index in [-0.39, 0.29) is 12.6 Å². The van der Waals surface area contributed by atoms with Crippen molar-refractivity contribution in [1.82, 2.24) is 4.90 Å². The summed E-state index contributed by atoms with van der Waals surface area (Å²) < 4.78 is 5.37. The van der Waals surface area contributed by atoms with Crippen LogP contribution in [-0.4, -0.2) is 49.9 Å². The minimum absolute atomic E-state index is 0.0328. The van der Waals surface area contributed by atoms with E-state index in [1.807, 2.05) is 7.05 Å². The predicted molar refractivity (Wildman–Crippen MR) is 78.7 cm³/mol. The lowest BCUT2D eigenvalue weighted by Crippen LogP contribution is -2.38. The van der Waals surface area contributed by atoms with Crippen LogP contribution in [0.25, 0.3) is 0 Å². The Kier molecular flexibility index (Phi) is 6.28. The molecule has 0 bridgehead atoms. The number of hydrogen-bond donors (Lipinski definition) is 2. The van der Waals surface area contributed by atoms with Crippen molar-refractivity contribution < 1.29 is 9.84 Å². The van der Waals surface area contributed by atoms with E-state index < -0.39 is 0 Å². The van der Waals surface area contributed by atoms with Gasteiger partial charge in [-0.3, -0.25) is 0 Å². The summed E-state index contributed by atoms with van der Waals surface area (Å²) >= 11 is 0. The van der Waals surface area contributed by atoms with Gasteiger partial charge in [-0.05, 0) is 44.0 Å². The summed E-state index contributed by atoms with van der Waals surface area (Å²) in [5, 5.41) is 8.93. The van der Waals surface area contributed by atoms with Gasteiger partial charge < -0.3 is 20.5 Å². The van der Waals surface area contributed by atoms with Gasteiger partial charge >= 0.3 is 0 Å². The van der Waals surface area contributed by atoms with Gasteiger partial charge in [0.2, 0.25) is 0 Å². The first-order valence-corrected chi connectivity index (χ1v) is 6.67. The molecular formula is C15H26N2O2. The van der Waals surface area contributed by atoms with E-state index in [0.29, 0.717) is 6.54 Å². The number of aryl methyl sites for hydroxylation is 2. The molecule has 108 valence electrons. The standard InChI is InChI=1S/C15H26N2O2/c1-11-7-13(8-12(2)15(11)19-4)5-6-17(3)9-14(16)10-18/h7-8,14,18H,5-6,9-10,16H2,1-4H3. The molecule has 3 N–H and O–H groups in total. The van der Waals surface area contributed by atoms with E-state index in [1.165, 1.54) is 16.7 Å². The molecule has 1 rings (SSSR count). The maximum atomic E-state index is 8.93. The van der Waals surface area contributed by atoms with Crippen molar-refractivity contribution in [3.05, 3.63) is 28.8 Å². The highest BCUT2D eigenvalue weighted by Crippen LogP contribution is 2.24. The van der Waals surface area contributed by atoms with Crippen LogP contribution in [0.15, 0.2) is 12.1 Å². The average Bonchev–Trinajstić information content (AvgIpc) is 2.36. The van der Waals surface area contributed by atoms with Crippen molar-refractivity contribution >= 4 is 0 Å². The molecule has 0 aromatic heterocycles. The summed E-state index contributed by atoms with van der Waals surface area (Å²) in [6.45, 7) is 5.82. The van der Waals surface area contributed by atoms with Crippen molar-refractivity contribution in [2.45, 2.75) is 26.3 Å². The highest BCUT2D eigenvalue weighted by molar-refractivity contribution is 5.43. The van der Waals surface area contributed by atoms with Gasteiger partial charge in [-0.15, -0.1) is 0 Å². The van der Waals surface area contributed by atoms with Crippen molar-refractivity contribution in [2.75, 3.05) is 33.9 Å². The zero-order chi connectivity index (χ0) is 14.4. The third-order valence-electron chi connectivity index (χ3n) is 3.29. The lowest BCUT2D eigenvalue weighted by atomic mass is 10.0. The number of rotatable bonds is 7. The molecule has 0 saturated heterocycles. The van der Waals surface area contributed by atoms with Gasteiger partial charge in [0.15, 0.2) is 0 Å². The van der Waals surface area contributed by atoms with Crippen LogP contribution in [-0.2, 0) is 6.42 Å². The van der Waals surface area contributed by atoms with Crippen LogP contribution in [0.5, 0.6) is 5.75 Å². The molecule has 0 fully saturated rings. The number of likely N-dealkylation sites (N-methyl/N-ethyl adjacent to an activating group) is 1. The van der Waals surface area contributed by atoms with Crippen LogP contribution in [0.3, 0.4) is 0 Å². The zero-order valence-corrected chi connectivity index (χ0v) is 12.4. The Bertz CT molecular complexity index is 384. The first kappa shape index (κ1) is 16.0. The van der Waals surface area contributed by atoms with Crippen molar-refractivity contribution in [1.29, 1.82) is 0 Å². The van der Waals surface area contributed by atoms with Gasteiger partial charge in [0.25, 0.3) is 0 Å². The number of nitrogens with two attached hydrogens (primary N) is 1. The Morgan fingerprint density at radius 2 is 1.89 bits per heavy atom. The van der Waals surface area contributed by atoms with E-state index in [4.69, 9.17) is 15.6 Å². The molecule has 19 heavy (non-hydrogen) atoms. The van der Waals surface area contributed by atoms with Gasteiger partial charge in [-0.2, -0.15) is 0 Å². The fourth-order valence-corrected chi connectivity index (χ4v) is 2.38. The van der Waals surface area contributed by atoms with E-state index in [1.54, 1.807) is 7.11 Å². The molecule has 0 saturated carbocycles. The Labute approximate surface area is 116 Å². The number of aliphatic hydroxyl groups is 1. The fraction of sp³-hybridized carbons (Fsp3) is 0.600. The molecule has 0 aliphatic heterocycles. The summed E-state index contributed by atoms with van der Waals surface area (Å²) in [5.41, 5.74) is 9.37. The van der Waals surface area contributed by atoms with E-state index in [2.05, 4.69) is 30.9 Å². The predicted octanol–water partition coefficient (Wildman–Crippen LogP) is 1.11. The van der Waals surface area contributed by atoms with Crippen LogP contribution < -0.4 is 10.5 Å². The largest absolute Gasteiger partial charge is 0.496 e. The van der Waals surface area contributed by atoms with Crippen molar-refractivity contribution in [2.24, 2.45) is 5.73 Å². The smallest absolute Gasteiger partial charge is 0.124 e. The van der Waals surface area contributed by atoms with Crippen LogP contribution in [0.4, 0.5) is 0 Å². The molecule has 0 heterocycles. The molecular weight excluding hydrogens is 240 g/mol. The monoisotopic (exact) mass is 266 g/mol.